The van der Waals surface area contributed by atoms with Crippen molar-refractivity contribution in [1.29, 1.82) is 0 Å². The zero-order valence-electron chi connectivity index (χ0n) is 18.1. The summed E-state index contributed by atoms with van der Waals surface area (Å²) in [5, 5.41) is 6.57. The van der Waals surface area contributed by atoms with E-state index in [2.05, 4.69) is 20.4 Å². The summed E-state index contributed by atoms with van der Waals surface area (Å²) >= 11 is 0. The SMILES string of the molecule is Cc1cc(NC(=O)Cc2ccc(S(=O)(=O)C(C)C)cc2)n(-c2nc(C)c(C)c(=O)[nH]2)n1. The van der Waals surface area contributed by atoms with Gasteiger partial charge in [0.25, 0.3) is 5.56 Å². The standard InChI is InChI=1S/C21H25N5O4S/c1-12(2)31(29,30)17-8-6-16(7-9-17)11-19(27)23-18-10-13(3)25-26(18)21-22-15(5)14(4)20(28)24-21/h6-10,12H,11H2,1-5H3,(H,23,27)(H,22,24,28). The number of nitrogens with one attached hydrogen (secondary N) is 2. The number of amides is 1. The second-order valence-corrected chi connectivity index (χ2v) is 10.1. The van der Waals surface area contributed by atoms with E-state index in [4.69, 9.17) is 0 Å². The number of rotatable bonds is 6. The molecular weight excluding hydrogens is 418 g/mol. The predicted octanol–water partition coefficient (Wildman–Crippen LogP) is 2.24. The Morgan fingerprint density at radius 3 is 2.39 bits per heavy atom. The Bertz CT molecular complexity index is 1290. The number of anilines is 1. The van der Waals surface area contributed by atoms with Crippen LogP contribution in [0, 0.1) is 20.8 Å². The van der Waals surface area contributed by atoms with Gasteiger partial charge in [-0.3, -0.25) is 14.6 Å². The highest BCUT2D eigenvalue weighted by atomic mass is 32.2. The van der Waals surface area contributed by atoms with Crippen LogP contribution < -0.4 is 10.9 Å². The molecule has 2 aromatic heterocycles. The van der Waals surface area contributed by atoms with Crippen LogP contribution in [0.1, 0.15) is 36.4 Å². The number of aryl methyl sites for hydroxylation is 2. The Hall–Kier alpha value is -3.27. The van der Waals surface area contributed by atoms with Gasteiger partial charge in [-0.1, -0.05) is 12.1 Å². The van der Waals surface area contributed by atoms with Crippen LogP contribution in [0.15, 0.2) is 40.0 Å². The summed E-state index contributed by atoms with van der Waals surface area (Å²) in [7, 11) is -3.36. The Morgan fingerprint density at radius 1 is 1.16 bits per heavy atom. The summed E-state index contributed by atoms with van der Waals surface area (Å²) in [6, 6.07) is 7.94. The highest BCUT2D eigenvalue weighted by Crippen LogP contribution is 2.18. The van der Waals surface area contributed by atoms with E-state index in [1.54, 1.807) is 52.8 Å². The molecule has 0 saturated heterocycles. The fourth-order valence-corrected chi connectivity index (χ4v) is 3.98. The molecule has 31 heavy (non-hydrogen) atoms. The molecule has 0 atom stereocenters. The summed E-state index contributed by atoms with van der Waals surface area (Å²) in [6.45, 7) is 8.42. The minimum absolute atomic E-state index is 0.0447. The summed E-state index contributed by atoms with van der Waals surface area (Å²) in [5.41, 5.74) is 2.12. The highest BCUT2D eigenvalue weighted by molar-refractivity contribution is 7.92. The second-order valence-electron chi connectivity index (χ2n) is 7.65. The van der Waals surface area contributed by atoms with Gasteiger partial charge in [0.2, 0.25) is 11.9 Å². The van der Waals surface area contributed by atoms with Crippen LogP contribution in [-0.2, 0) is 21.1 Å². The Balaban J connectivity index is 1.80. The minimum atomic E-state index is -3.36. The third-order valence-electron chi connectivity index (χ3n) is 4.92. The molecule has 0 aliphatic rings. The molecule has 10 heteroatoms. The summed E-state index contributed by atoms with van der Waals surface area (Å²) in [4.78, 5) is 31.9. The lowest BCUT2D eigenvalue weighted by Gasteiger charge is -2.10. The van der Waals surface area contributed by atoms with Gasteiger partial charge in [0.05, 0.1) is 22.3 Å². The van der Waals surface area contributed by atoms with Crippen LogP contribution in [0.2, 0.25) is 0 Å². The Morgan fingerprint density at radius 2 is 1.81 bits per heavy atom. The quantitative estimate of drug-likeness (QED) is 0.602. The van der Waals surface area contributed by atoms with E-state index >= 15 is 0 Å². The lowest BCUT2D eigenvalue weighted by Crippen LogP contribution is -2.21. The molecule has 3 rings (SSSR count). The van der Waals surface area contributed by atoms with Gasteiger partial charge in [0.15, 0.2) is 9.84 Å². The summed E-state index contributed by atoms with van der Waals surface area (Å²) < 4.78 is 25.8. The molecule has 0 bridgehead atoms. The zero-order chi connectivity index (χ0) is 22.9. The van der Waals surface area contributed by atoms with E-state index in [0.717, 1.165) is 0 Å². The smallest absolute Gasteiger partial charge is 0.255 e. The molecule has 3 aromatic rings. The molecule has 0 radical (unpaired) electrons. The average Bonchev–Trinajstić information content (AvgIpc) is 3.05. The Labute approximate surface area is 180 Å². The molecular formula is C21H25N5O4S. The fourth-order valence-electron chi connectivity index (χ4n) is 2.92. The Kier molecular flexibility index (Phi) is 6.12. The number of H-pyrrole nitrogens is 1. The van der Waals surface area contributed by atoms with Crippen LogP contribution >= 0.6 is 0 Å². The first-order valence-electron chi connectivity index (χ1n) is 9.76. The van der Waals surface area contributed by atoms with E-state index in [0.29, 0.717) is 28.3 Å². The van der Waals surface area contributed by atoms with Gasteiger partial charge in [-0.05, 0) is 52.3 Å². The van der Waals surface area contributed by atoms with Crippen molar-refractivity contribution in [3.63, 3.8) is 0 Å². The third-order valence-corrected chi connectivity index (χ3v) is 7.09. The first-order chi connectivity index (χ1) is 14.5. The van der Waals surface area contributed by atoms with Gasteiger partial charge < -0.3 is 5.32 Å². The number of aromatic amines is 1. The molecule has 164 valence electrons. The second kappa shape index (κ2) is 8.46. The van der Waals surface area contributed by atoms with Gasteiger partial charge in [-0.15, -0.1) is 0 Å². The molecule has 2 heterocycles. The first kappa shape index (κ1) is 22.4. The van der Waals surface area contributed by atoms with Crippen molar-refractivity contribution in [2.24, 2.45) is 0 Å². The topological polar surface area (TPSA) is 127 Å². The number of hydrogen-bond donors (Lipinski definition) is 2. The molecule has 0 aliphatic carbocycles. The summed E-state index contributed by atoms with van der Waals surface area (Å²) in [6.07, 6.45) is 0.0447. The summed E-state index contributed by atoms with van der Waals surface area (Å²) in [5.74, 6) is 0.263. The van der Waals surface area contributed by atoms with E-state index in [1.807, 2.05) is 0 Å². The van der Waals surface area contributed by atoms with Crippen molar-refractivity contribution < 1.29 is 13.2 Å². The molecule has 0 unspecified atom stereocenters. The average molecular weight is 444 g/mol. The van der Waals surface area contributed by atoms with Gasteiger partial charge in [0, 0.05) is 17.3 Å². The van der Waals surface area contributed by atoms with Crippen molar-refractivity contribution in [3.05, 3.63) is 63.2 Å². The number of sulfone groups is 1. The largest absolute Gasteiger partial charge is 0.310 e. The zero-order valence-corrected chi connectivity index (χ0v) is 18.9. The maximum Gasteiger partial charge on any atom is 0.255 e. The molecule has 0 aliphatic heterocycles. The molecule has 0 fully saturated rings. The number of hydrogen-bond acceptors (Lipinski definition) is 6. The molecule has 1 amide bonds. The van der Waals surface area contributed by atoms with Gasteiger partial charge >= 0.3 is 0 Å². The number of carbonyl (C=O) groups excluding carboxylic acids is 1. The van der Waals surface area contributed by atoms with Crippen LogP contribution in [0.3, 0.4) is 0 Å². The monoisotopic (exact) mass is 443 g/mol. The fraction of sp³-hybridized carbons (Fsp3) is 0.333. The van der Waals surface area contributed by atoms with Crippen molar-refractivity contribution in [3.8, 4) is 5.95 Å². The number of benzene rings is 1. The first-order valence-corrected chi connectivity index (χ1v) is 11.3. The molecule has 1 aromatic carbocycles. The van der Waals surface area contributed by atoms with Crippen molar-refractivity contribution >= 4 is 21.6 Å². The molecule has 0 spiro atoms. The predicted molar refractivity (Wildman–Crippen MR) is 117 cm³/mol. The van der Waals surface area contributed by atoms with Crippen LogP contribution in [0.25, 0.3) is 5.95 Å². The van der Waals surface area contributed by atoms with E-state index in [-0.39, 0.29) is 28.7 Å². The van der Waals surface area contributed by atoms with E-state index < -0.39 is 15.1 Å². The van der Waals surface area contributed by atoms with Crippen molar-refractivity contribution in [2.75, 3.05) is 5.32 Å². The van der Waals surface area contributed by atoms with Crippen molar-refractivity contribution in [2.45, 2.75) is 51.2 Å². The highest BCUT2D eigenvalue weighted by Gasteiger charge is 2.19. The van der Waals surface area contributed by atoms with Crippen LogP contribution in [0.5, 0.6) is 0 Å². The van der Waals surface area contributed by atoms with Gasteiger partial charge in [-0.25, -0.2) is 13.4 Å². The molecule has 0 saturated carbocycles. The minimum Gasteiger partial charge on any atom is -0.310 e. The lowest BCUT2D eigenvalue weighted by molar-refractivity contribution is -0.115. The number of aromatic nitrogens is 4. The third kappa shape index (κ3) is 4.74. The van der Waals surface area contributed by atoms with E-state index in [1.165, 1.54) is 16.8 Å². The molecule has 2 N–H and O–H groups in total. The normalized spacial score (nSPS) is 11.7. The lowest BCUT2D eigenvalue weighted by atomic mass is 10.1. The van der Waals surface area contributed by atoms with Crippen molar-refractivity contribution in [1.82, 2.24) is 19.7 Å². The maximum absolute atomic E-state index is 12.6. The van der Waals surface area contributed by atoms with Crippen LogP contribution in [0.4, 0.5) is 5.82 Å². The maximum atomic E-state index is 12.6. The van der Waals surface area contributed by atoms with E-state index in [9.17, 15) is 18.0 Å². The van der Waals surface area contributed by atoms with Gasteiger partial charge in [0.1, 0.15) is 5.82 Å². The van der Waals surface area contributed by atoms with Gasteiger partial charge in [-0.2, -0.15) is 9.78 Å². The van der Waals surface area contributed by atoms with Crippen LogP contribution in [-0.4, -0.2) is 39.3 Å². The molecule has 9 nitrogen and oxygen atoms in total. The number of nitrogens with zero attached hydrogens (tertiary/aromatic N) is 3. The number of carbonyl (C=O) groups is 1.